The summed E-state index contributed by atoms with van der Waals surface area (Å²) in [4.78, 5) is 7.09. The molecule has 0 amide bonds. The predicted molar refractivity (Wildman–Crippen MR) is 113 cm³/mol. The number of aryl methyl sites for hydroxylation is 1. The van der Waals surface area contributed by atoms with Crippen molar-refractivity contribution in [3.8, 4) is 16.9 Å². The largest absolute Gasteiger partial charge is 0.379 e. The number of hydrogen-bond donors (Lipinski definition) is 1. The molecule has 2 aromatic heterocycles. The number of pyridine rings is 1. The topological polar surface area (TPSA) is 46.0 Å². The lowest BCUT2D eigenvalue weighted by Crippen LogP contribution is -2.29. The summed E-state index contributed by atoms with van der Waals surface area (Å²) in [5, 5.41) is 8.12. The highest BCUT2D eigenvalue weighted by Gasteiger charge is 2.24. The number of aromatic nitrogens is 3. The van der Waals surface area contributed by atoms with E-state index in [2.05, 4.69) is 22.9 Å². The molecule has 0 radical (unpaired) electrons. The van der Waals surface area contributed by atoms with Crippen LogP contribution < -0.4 is 10.2 Å². The first kappa shape index (κ1) is 17.9. The maximum absolute atomic E-state index is 14.6. The molecule has 148 valence electrons. The third-order valence-corrected chi connectivity index (χ3v) is 5.82. The maximum atomic E-state index is 14.6. The summed E-state index contributed by atoms with van der Waals surface area (Å²) in [7, 11) is 0. The van der Waals surface area contributed by atoms with Gasteiger partial charge in [-0.15, -0.1) is 0 Å². The molecule has 4 heterocycles. The molecule has 0 bridgehead atoms. The van der Waals surface area contributed by atoms with E-state index in [4.69, 9.17) is 10.1 Å². The van der Waals surface area contributed by atoms with Crippen LogP contribution in [0.4, 0.5) is 10.2 Å². The van der Waals surface area contributed by atoms with Gasteiger partial charge in [-0.05, 0) is 43.9 Å². The summed E-state index contributed by atoms with van der Waals surface area (Å²) in [5.74, 6) is 0.720. The van der Waals surface area contributed by atoms with Crippen molar-refractivity contribution in [2.24, 2.45) is 0 Å². The lowest BCUT2D eigenvalue weighted by atomic mass is 10.0. The molecule has 1 fully saturated rings. The zero-order chi connectivity index (χ0) is 20.0. The van der Waals surface area contributed by atoms with Crippen LogP contribution >= 0.6 is 0 Å². The number of rotatable bonds is 3. The standard InChI is InChI=1S/C23H24FN5/c1-15-7-6-8-17(24)22(15)18-13-20(23-16(2)25-14-19(23)26-18)29-12-9-21(27-29)28-10-4-3-5-11-28/h6-9,12-13,25H,2-5,10-11,14H2,1H3. The first-order valence-corrected chi connectivity index (χ1v) is 10.2. The lowest BCUT2D eigenvalue weighted by molar-refractivity contribution is 0.571. The Kier molecular flexibility index (Phi) is 4.34. The highest BCUT2D eigenvalue weighted by Crippen LogP contribution is 2.34. The van der Waals surface area contributed by atoms with Crippen molar-refractivity contribution in [2.75, 3.05) is 18.0 Å². The highest BCUT2D eigenvalue weighted by atomic mass is 19.1. The van der Waals surface area contributed by atoms with Crippen LogP contribution in [0.2, 0.25) is 0 Å². The number of halogens is 1. The molecule has 2 aliphatic heterocycles. The van der Waals surface area contributed by atoms with E-state index in [1.54, 1.807) is 6.07 Å². The van der Waals surface area contributed by atoms with Crippen molar-refractivity contribution in [2.45, 2.75) is 32.7 Å². The number of fused-ring (bicyclic) bond motifs is 1. The molecule has 1 saturated heterocycles. The van der Waals surface area contributed by atoms with Crippen LogP contribution in [0.5, 0.6) is 0 Å². The van der Waals surface area contributed by atoms with Crippen molar-refractivity contribution in [1.29, 1.82) is 0 Å². The van der Waals surface area contributed by atoms with E-state index in [0.29, 0.717) is 17.8 Å². The van der Waals surface area contributed by atoms with Gasteiger partial charge in [-0.1, -0.05) is 18.7 Å². The van der Waals surface area contributed by atoms with Crippen LogP contribution in [0.15, 0.2) is 43.1 Å². The first-order chi connectivity index (χ1) is 14.1. The van der Waals surface area contributed by atoms with Gasteiger partial charge in [0, 0.05) is 42.2 Å². The van der Waals surface area contributed by atoms with Crippen LogP contribution in [-0.2, 0) is 6.54 Å². The summed E-state index contributed by atoms with van der Waals surface area (Å²) >= 11 is 0. The molecule has 1 N–H and O–H groups in total. The average Bonchev–Trinajstić information content (AvgIpc) is 3.36. The fourth-order valence-electron chi connectivity index (χ4n) is 4.32. The Balaban J connectivity index is 1.64. The average molecular weight is 389 g/mol. The molecule has 5 nitrogen and oxygen atoms in total. The number of nitrogens with one attached hydrogen (secondary N) is 1. The second-order valence-corrected chi connectivity index (χ2v) is 7.78. The van der Waals surface area contributed by atoms with Gasteiger partial charge in [0.2, 0.25) is 0 Å². The minimum absolute atomic E-state index is 0.261. The normalized spacial score (nSPS) is 16.1. The number of piperidine rings is 1. The zero-order valence-electron chi connectivity index (χ0n) is 16.6. The molecule has 0 aliphatic carbocycles. The van der Waals surface area contributed by atoms with Crippen LogP contribution in [-0.4, -0.2) is 27.9 Å². The van der Waals surface area contributed by atoms with Crippen molar-refractivity contribution in [1.82, 2.24) is 20.1 Å². The second-order valence-electron chi connectivity index (χ2n) is 7.78. The molecule has 6 heteroatoms. The Hall–Kier alpha value is -3.15. The predicted octanol–water partition coefficient (Wildman–Crippen LogP) is 4.45. The van der Waals surface area contributed by atoms with E-state index < -0.39 is 0 Å². The SMILES string of the molecule is C=C1NCc2nc(-c3c(C)cccc3F)cc(-n3ccc(N4CCCCC4)n3)c21. The molecule has 3 aromatic rings. The van der Waals surface area contributed by atoms with Gasteiger partial charge in [-0.25, -0.2) is 14.1 Å². The fraction of sp³-hybridized carbons (Fsp3) is 0.304. The number of benzene rings is 1. The van der Waals surface area contributed by atoms with E-state index in [-0.39, 0.29) is 5.82 Å². The molecular formula is C23H24FN5. The summed E-state index contributed by atoms with van der Waals surface area (Å²) in [5.41, 5.74) is 5.57. The number of anilines is 1. The van der Waals surface area contributed by atoms with Crippen molar-refractivity contribution in [3.63, 3.8) is 0 Å². The second kappa shape index (κ2) is 7.03. The van der Waals surface area contributed by atoms with E-state index in [9.17, 15) is 4.39 Å². The zero-order valence-corrected chi connectivity index (χ0v) is 16.6. The molecule has 0 saturated carbocycles. The van der Waals surface area contributed by atoms with Gasteiger partial charge < -0.3 is 10.2 Å². The summed E-state index contributed by atoms with van der Waals surface area (Å²) in [6.07, 6.45) is 5.67. The molecule has 1 aromatic carbocycles. The van der Waals surface area contributed by atoms with E-state index >= 15 is 0 Å². The lowest BCUT2D eigenvalue weighted by Gasteiger charge is -2.26. The van der Waals surface area contributed by atoms with Gasteiger partial charge >= 0.3 is 0 Å². The molecule has 5 rings (SSSR count). The smallest absolute Gasteiger partial charge is 0.151 e. The van der Waals surface area contributed by atoms with E-state index in [1.807, 2.05) is 29.9 Å². The molecule has 0 unspecified atom stereocenters. The Morgan fingerprint density at radius 2 is 1.93 bits per heavy atom. The monoisotopic (exact) mass is 389 g/mol. The van der Waals surface area contributed by atoms with Gasteiger partial charge in [0.25, 0.3) is 0 Å². The third-order valence-electron chi connectivity index (χ3n) is 5.82. The van der Waals surface area contributed by atoms with E-state index in [0.717, 1.165) is 47.1 Å². The van der Waals surface area contributed by atoms with Gasteiger partial charge in [0.05, 0.1) is 23.6 Å². The summed E-state index contributed by atoms with van der Waals surface area (Å²) in [6, 6.07) is 9.10. The Bertz CT molecular complexity index is 1070. The number of nitrogens with zero attached hydrogens (tertiary/aromatic N) is 4. The first-order valence-electron chi connectivity index (χ1n) is 10.2. The summed E-state index contributed by atoms with van der Waals surface area (Å²) in [6.45, 7) is 8.72. The molecule has 0 spiro atoms. The highest BCUT2D eigenvalue weighted by molar-refractivity contribution is 5.78. The Labute approximate surface area is 169 Å². The van der Waals surface area contributed by atoms with Gasteiger partial charge in [0.15, 0.2) is 5.82 Å². The van der Waals surface area contributed by atoms with Crippen LogP contribution in [0, 0.1) is 12.7 Å². The van der Waals surface area contributed by atoms with Crippen LogP contribution in [0.3, 0.4) is 0 Å². The molecule has 2 aliphatic rings. The maximum Gasteiger partial charge on any atom is 0.151 e. The van der Waals surface area contributed by atoms with Gasteiger partial charge in [0.1, 0.15) is 5.82 Å². The molecule has 0 atom stereocenters. The minimum atomic E-state index is -0.261. The summed E-state index contributed by atoms with van der Waals surface area (Å²) < 4.78 is 16.5. The van der Waals surface area contributed by atoms with Crippen molar-refractivity contribution in [3.05, 3.63) is 65.7 Å². The van der Waals surface area contributed by atoms with Gasteiger partial charge in [-0.3, -0.25) is 0 Å². The third kappa shape index (κ3) is 3.09. The fourth-order valence-corrected chi connectivity index (χ4v) is 4.32. The van der Waals surface area contributed by atoms with E-state index in [1.165, 1.54) is 25.3 Å². The quantitative estimate of drug-likeness (QED) is 0.719. The van der Waals surface area contributed by atoms with Crippen molar-refractivity contribution >= 4 is 11.5 Å². The van der Waals surface area contributed by atoms with Crippen LogP contribution in [0.1, 0.15) is 36.1 Å². The van der Waals surface area contributed by atoms with Gasteiger partial charge in [-0.2, -0.15) is 5.10 Å². The number of hydrogen-bond acceptors (Lipinski definition) is 4. The Morgan fingerprint density at radius 1 is 1.10 bits per heavy atom. The van der Waals surface area contributed by atoms with Crippen molar-refractivity contribution < 1.29 is 4.39 Å². The molecule has 29 heavy (non-hydrogen) atoms. The molecular weight excluding hydrogens is 365 g/mol. The minimum Gasteiger partial charge on any atom is -0.379 e. The Morgan fingerprint density at radius 3 is 2.72 bits per heavy atom. The van der Waals surface area contributed by atoms with Crippen LogP contribution in [0.25, 0.3) is 22.6 Å².